The van der Waals surface area contributed by atoms with Crippen molar-refractivity contribution in [3.05, 3.63) is 39.5 Å². The molecule has 0 bridgehead atoms. The van der Waals surface area contributed by atoms with Crippen LogP contribution in [0.25, 0.3) is 10.2 Å². The minimum absolute atomic E-state index is 0.185. The first kappa shape index (κ1) is 15.8. The standard InChI is InChI=1S/C15H13BrN2O4S/c1-18-8-6-10(20-2)11(21-3)7-12(8)23-15(18)17-14(19)9-4-5-13(16)22-9/h4-7H,1-3H3. The Morgan fingerprint density at radius 3 is 2.57 bits per heavy atom. The number of hydrogen-bond donors (Lipinski definition) is 0. The van der Waals surface area contributed by atoms with Crippen LogP contribution in [-0.4, -0.2) is 24.7 Å². The fraction of sp³-hybridized carbons (Fsp3) is 0.200. The zero-order valence-electron chi connectivity index (χ0n) is 12.6. The SMILES string of the molecule is COc1cc2sc(=NC(=O)c3ccc(Br)o3)n(C)c2cc1OC. The number of nitrogens with zero attached hydrogens (tertiary/aromatic N) is 2. The number of thiazole rings is 1. The van der Waals surface area contributed by atoms with Crippen molar-refractivity contribution in [1.82, 2.24) is 4.57 Å². The minimum Gasteiger partial charge on any atom is -0.493 e. The third-order valence-electron chi connectivity index (χ3n) is 3.30. The summed E-state index contributed by atoms with van der Waals surface area (Å²) in [6, 6.07) is 6.96. The first-order valence-corrected chi connectivity index (χ1v) is 8.20. The van der Waals surface area contributed by atoms with Gasteiger partial charge in [0.25, 0.3) is 0 Å². The second kappa shape index (κ2) is 6.21. The number of methoxy groups -OCH3 is 2. The van der Waals surface area contributed by atoms with Crippen LogP contribution < -0.4 is 14.3 Å². The highest BCUT2D eigenvalue weighted by Gasteiger charge is 2.13. The fourth-order valence-corrected chi connectivity index (χ4v) is 3.47. The summed E-state index contributed by atoms with van der Waals surface area (Å²) in [6.07, 6.45) is 0. The minimum atomic E-state index is -0.434. The second-order valence-corrected chi connectivity index (χ2v) is 6.43. The Labute approximate surface area is 144 Å². The van der Waals surface area contributed by atoms with Gasteiger partial charge in [-0.15, -0.1) is 0 Å². The van der Waals surface area contributed by atoms with Crippen molar-refractivity contribution < 1.29 is 18.7 Å². The number of hydrogen-bond acceptors (Lipinski definition) is 5. The molecule has 120 valence electrons. The number of halogens is 1. The van der Waals surface area contributed by atoms with Crippen LogP contribution in [-0.2, 0) is 7.05 Å². The molecule has 0 radical (unpaired) electrons. The molecule has 3 aromatic rings. The van der Waals surface area contributed by atoms with Crippen LogP contribution >= 0.6 is 27.3 Å². The highest BCUT2D eigenvalue weighted by Crippen LogP contribution is 2.33. The third-order valence-corrected chi connectivity index (χ3v) is 4.82. The van der Waals surface area contributed by atoms with Gasteiger partial charge in [0, 0.05) is 19.2 Å². The molecule has 0 atom stereocenters. The van der Waals surface area contributed by atoms with Gasteiger partial charge < -0.3 is 18.5 Å². The fourth-order valence-electron chi connectivity index (χ4n) is 2.13. The molecule has 0 aliphatic heterocycles. The number of rotatable bonds is 3. The molecular formula is C15H13BrN2O4S. The number of furan rings is 1. The van der Waals surface area contributed by atoms with E-state index in [-0.39, 0.29) is 5.76 Å². The summed E-state index contributed by atoms with van der Waals surface area (Å²) in [5.74, 6) is 1.01. The highest BCUT2D eigenvalue weighted by atomic mass is 79.9. The maximum atomic E-state index is 12.2. The molecule has 8 heteroatoms. The van der Waals surface area contributed by atoms with Crippen LogP contribution in [0, 0.1) is 0 Å². The van der Waals surface area contributed by atoms with Gasteiger partial charge in [-0.05, 0) is 28.1 Å². The van der Waals surface area contributed by atoms with Gasteiger partial charge in [0.2, 0.25) is 0 Å². The van der Waals surface area contributed by atoms with Gasteiger partial charge in [0.15, 0.2) is 26.7 Å². The first-order chi connectivity index (χ1) is 11.0. The van der Waals surface area contributed by atoms with Crippen molar-refractivity contribution in [2.75, 3.05) is 14.2 Å². The number of aryl methyl sites for hydroxylation is 1. The van der Waals surface area contributed by atoms with E-state index in [1.54, 1.807) is 26.4 Å². The lowest BCUT2D eigenvalue weighted by atomic mass is 10.3. The predicted molar refractivity (Wildman–Crippen MR) is 90.2 cm³/mol. The van der Waals surface area contributed by atoms with E-state index in [0.29, 0.717) is 21.0 Å². The average molecular weight is 397 g/mol. The number of ether oxygens (including phenoxy) is 2. The topological polar surface area (TPSA) is 66.0 Å². The summed E-state index contributed by atoms with van der Waals surface area (Å²) in [6.45, 7) is 0. The summed E-state index contributed by atoms with van der Waals surface area (Å²) in [4.78, 5) is 16.9. The van der Waals surface area contributed by atoms with Crippen molar-refractivity contribution in [3.8, 4) is 11.5 Å². The monoisotopic (exact) mass is 396 g/mol. The lowest BCUT2D eigenvalue weighted by Gasteiger charge is -2.07. The third kappa shape index (κ3) is 2.91. The van der Waals surface area contributed by atoms with Gasteiger partial charge >= 0.3 is 5.91 Å². The lowest BCUT2D eigenvalue weighted by Crippen LogP contribution is -2.13. The van der Waals surface area contributed by atoms with Crippen LogP contribution in [0.2, 0.25) is 0 Å². The Morgan fingerprint density at radius 2 is 1.96 bits per heavy atom. The average Bonchev–Trinajstić information content (AvgIpc) is 3.10. The van der Waals surface area contributed by atoms with E-state index in [1.807, 2.05) is 23.7 Å². The lowest BCUT2D eigenvalue weighted by molar-refractivity contribution is 0.0970. The molecule has 0 unspecified atom stereocenters. The van der Waals surface area contributed by atoms with Crippen molar-refractivity contribution >= 4 is 43.4 Å². The molecule has 2 aromatic heterocycles. The van der Waals surface area contributed by atoms with Crippen LogP contribution in [0.15, 0.2) is 38.3 Å². The van der Waals surface area contributed by atoms with Gasteiger partial charge in [-0.25, -0.2) is 0 Å². The van der Waals surface area contributed by atoms with Crippen molar-refractivity contribution in [2.24, 2.45) is 12.0 Å². The molecule has 6 nitrogen and oxygen atoms in total. The Balaban J connectivity index is 2.13. The molecule has 3 rings (SSSR count). The summed E-state index contributed by atoms with van der Waals surface area (Å²) in [7, 11) is 5.01. The largest absolute Gasteiger partial charge is 0.493 e. The van der Waals surface area contributed by atoms with Gasteiger partial charge in [0.1, 0.15) is 0 Å². The maximum absolute atomic E-state index is 12.2. The zero-order chi connectivity index (χ0) is 16.6. The number of amides is 1. The van der Waals surface area contributed by atoms with Gasteiger partial charge in [0.05, 0.1) is 24.4 Å². The second-order valence-electron chi connectivity index (χ2n) is 4.64. The van der Waals surface area contributed by atoms with E-state index in [4.69, 9.17) is 13.9 Å². The molecule has 0 saturated heterocycles. The molecule has 0 aliphatic rings. The summed E-state index contributed by atoms with van der Waals surface area (Å²) >= 11 is 4.56. The van der Waals surface area contributed by atoms with Gasteiger partial charge in [-0.1, -0.05) is 11.3 Å². The van der Waals surface area contributed by atoms with E-state index in [0.717, 1.165) is 10.2 Å². The Morgan fingerprint density at radius 1 is 1.26 bits per heavy atom. The number of fused-ring (bicyclic) bond motifs is 1. The zero-order valence-corrected chi connectivity index (χ0v) is 15.0. The quantitative estimate of drug-likeness (QED) is 0.680. The van der Waals surface area contributed by atoms with E-state index < -0.39 is 5.91 Å². The molecule has 0 saturated carbocycles. The van der Waals surface area contributed by atoms with Crippen LogP contribution in [0.5, 0.6) is 11.5 Å². The summed E-state index contributed by atoms with van der Waals surface area (Å²) < 4.78 is 19.1. The van der Waals surface area contributed by atoms with Gasteiger partial charge in [-0.3, -0.25) is 4.79 Å². The number of carbonyl (C=O) groups is 1. The van der Waals surface area contributed by atoms with E-state index >= 15 is 0 Å². The van der Waals surface area contributed by atoms with Crippen LogP contribution in [0.3, 0.4) is 0 Å². The van der Waals surface area contributed by atoms with Gasteiger partial charge in [-0.2, -0.15) is 4.99 Å². The van der Waals surface area contributed by atoms with Crippen molar-refractivity contribution in [3.63, 3.8) is 0 Å². The number of aromatic nitrogens is 1. The van der Waals surface area contributed by atoms with Crippen LogP contribution in [0.4, 0.5) is 0 Å². The van der Waals surface area contributed by atoms with E-state index in [2.05, 4.69) is 20.9 Å². The number of benzene rings is 1. The highest BCUT2D eigenvalue weighted by molar-refractivity contribution is 9.10. The Bertz CT molecular complexity index is 954. The molecule has 0 aliphatic carbocycles. The smallest absolute Gasteiger partial charge is 0.315 e. The molecule has 2 heterocycles. The molecule has 0 N–H and O–H groups in total. The maximum Gasteiger partial charge on any atom is 0.315 e. The summed E-state index contributed by atoms with van der Waals surface area (Å²) in [5.41, 5.74) is 0.903. The van der Waals surface area contributed by atoms with Crippen LogP contribution in [0.1, 0.15) is 10.6 Å². The Hall–Kier alpha value is -2.06. The molecule has 23 heavy (non-hydrogen) atoms. The normalized spacial score (nSPS) is 11.9. The number of carbonyl (C=O) groups excluding carboxylic acids is 1. The van der Waals surface area contributed by atoms with E-state index in [9.17, 15) is 4.79 Å². The first-order valence-electron chi connectivity index (χ1n) is 6.59. The molecule has 1 aromatic carbocycles. The molecule has 0 spiro atoms. The van der Waals surface area contributed by atoms with Crippen molar-refractivity contribution in [1.29, 1.82) is 0 Å². The van der Waals surface area contributed by atoms with E-state index in [1.165, 1.54) is 11.3 Å². The summed E-state index contributed by atoms with van der Waals surface area (Å²) in [5, 5.41) is 0. The molecule has 1 amide bonds. The molecule has 0 fully saturated rings. The van der Waals surface area contributed by atoms with Crippen molar-refractivity contribution in [2.45, 2.75) is 0 Å². The Kier molecular flexibility index (Phi) is 4.27. The predicted octanol–water partition coefficient (Wildman–Crippen LogP) is 3.35. The molecular weight excluding hydrogens is 384 g/mol.